The van der Waals surface area contributed by atoms with Gasteiger partial charge in [-0.3, -0.25) is 9.58 Å². The van der Waals surface area contributed by atoms with Crippen LogP contribution in [0.15, 0.2) is 6.20 Å². The van der Waals surface area contributed by atoms with E-state index in [1.807, 2.05) is 17.9 Å². The summed E-state index contributed by atoms with van der Waals surface area (Å²) in [5.74, 6) is 0. The van der Waals surface area contributed by atoms with Crippen molar-refractivity contribution in [3.8, 4) is 0 Å². The van der Waals surface area contributed by atoms with Gasteiger partial charge >= 0.3 is 0 Å². The first-order valence-corrected chi connectivity index (χ1v) is 7.13. The Morgan fingerprint density at radius 2 is 2.26 bits per heavy atom. The number of rotatable bonds is 4. The lowest BCUT2D eigenvalue weighted by molar-refractivity contribution is 0.0981. The summed E-state index contributed by atoms with van der Waals surface area (Å²) in [6, 6.07) is 0.941. The van der Waals surface area contributed by atoms with Crippen LogP contribution in [0.25, 0.3) is 0 Å². The Morgan fingerprint density at radius 1 is 1.53 bits per heavy atom. The van der Waals surface area contributed by atoms with Crippen molar-refractivity contribution in [3.63, 3.8) is 0 Å². The number of piperidine rings is 1. The third-order valence-corrected chi connectivity index (χ3v) is 4.45. The Labute approximate surface area is 116 Å². The van der Waals surface area contributed by atoms with E-state index < -0.39 is 0 Å². The van der Waals surface area contributed by atoms with Gasteiger partial charge < -0.3 is 10.6 Å². The molecular weight excluding hydrogens is 238 g/mol. The fraction of sp³-hybridized carbons (Fsp3) is 0.786. The van der Waals surface area contributed by atoms with Gasteiger partial charge in [0.2, 0.25) is 0 Å². The smallest absolute Gasteiger partial charge is 0.0540 e. The van der Waals surface area contributed by atoms with Gasteiger partial charge in [-0.1, -0.05) is 0 Å². The Morgan fingerprint density at radius 3 is 2.79 bits per heavy atom. The molecule has 0 bridgehead atoms. The fourth-order valence-corrected chi connectivity index (χ4v) is 3.00. The van der Waals surface area contributed by atoms with E-state index in [2.05, 4.69) is 35.9 Å². The number of nitrogens with two attached hydrogens (primary N) is 1. The first-order chi connectivity index (χ1) is 9.04. The van der Waals surface area contributed by atoms with E-state index in [1.165, 1.54) is 24.1 Å². The molecule has 19 heavy (non-hydrogen) atoms. The van der Waals surface area contributed by atoms with E-state index in [1.54, 1.807) is 0 Å². The number of likely N-dealkylation sites (tertiary alicyclic amines) is 1. The minimum Gasteiger partial charge on any atom is -0.329 e. The average Bonchev–Trinajstić information content (AvgIpc) is 2.72. The number of aromatic nitrogens is 2. The van der Waals surface area contributed by atoms with Gasteiger partial charge in [0.05, 0.1) is 12.2 Å². The van der Waals surface area contributed by atoms with Gasteiger partial charge in [-0.15, -0.1) is 0 Å². The summed E-state index contributed by atoms with van der Waals surface area (Å²) in [5, 5.41) is 4.36. The van der Waals surface area contributed by atoms with Gasteiger partial charge in [-0.25, -0.2) is 0 Å². The molecule has 0 aromatic carbocycles. The van der Waals surface area contributed by atoms with Crippen LogP contribution in [-0.2, 0) is 7.05 Å². The van der Waals surface area contributed by atoms with Gasteiger partial charge in [-0.05, 0) is 40.4 Å². The number of aryl methyl sites for hydroxylation is 1. The zero-order valence-corrected chi connectivity index (χ0v) is 12.6. The summed E-state index contributed by atoms with van der Waals surface area (Å²) < 4.78 is 1.94. The number of nitrogens with zero attached hydrogens (tertiary/aromatic N) is 4. The molecule has 1 saturated heterocycles. The molecule has 1 aromatic rings. The molecule has 5 heteroatoms. The van der Waals surface area contributed by atoms with E-state index in [4.69, 9.17) is 5.73 Å². The van der Waals surface area contributed by atoms with Crippen LogP contribution < -0.4 is 5.73 Å². The lowest BCUT2D eigenvalue weighted by Gasteiger charge is -2.40. The standard InChI is InChI=1S/C14H27N5/c1-11-13(9-16-18(11)4)14(8-15)19-7-5-6-12(10-19)17(2)3/h9,12,14H,5-8,10,15H2,1-4H3. The highest BCUT2D eigenvalue weighted by atomic mass is 15.3. The summed E-state index contributed by atoms with van der Waals surface area (Å²) in [6.07, 6.45) is 4.51. The maximum Gasteiger partial charge on any atom is 0.0540 e. The first kappa shape index (κ1) is 14.5. The van der Waals surface area contributed by atoms with Crippen LogP contribution in [0.5, 0.6) is 0 Å². The van der Waals surface area contributed by atoms with Crippen molar-refractivity contribution < 1.29 is 0 Å². The molecule has 0 saturated carbocycles. The molecule has 1 aliphatic rings. The van der Waals surface area contributed by atoms with Crippen LogP contribution in [0, 0.1) is 6.92 Å². The van der Waals surface area contributed by atoms with E-state index in [-0.39, 0.29) is 0 Å². The molecule has 1 aliphatic heterocycles. The van der Waals surface area contributed by atoms with Crippen molar-refractivity contribution in [3.05, 3.63) is 17.5 Å². The largest absolute Gasteiger partial charge is 0.329 e. The molecule has 1 aromatic heterocycles. The van der Waals surface area contributed by atoms with E-state index >= 15 is 0 Å². The summed E-state index contributed by atoms with van der Waals surface area (Å²) in [7, 11) is 6.33. The highest BCUT2D eigenvalue weighted by Gasteiger charge is 2.28. The summed E-state index contributed by atoms with van der Waals surface area (Å²) >= 11 is 0. The molecule has 1 fully saturated rings. The molecule has 2 atom stereocenters. The highest BCUT2D eigenvalue weighted by molar-refractivity contribution is 5.21. The molecule has 0 radical (unpaired) electrons. The Bertz CT molecular complexity index is 412. The number of likely N-dealkylation sites (N-methyl/N-ethyl adjacent to an activating group) is 1. The second-order valence-corrected chi connectivity index (χ2v) is 5.82. The van der Waals surface area contributed by atoms with E-state index in [9.17, 15) is 0 Å². The summed E-state index contributed by atoms with van der Waals surface area (Å²) in [6.45, 7) is 5.02. The quantitative estimate of drug-likeness (QED) is 0.873. The predicted molar refractivity (Wildman–Crippen MR) is 78.0 cm³/mol. The molecule has 108 valence electrons. The van der Waals surface area contributed by atoms with Crippen molar-refractivity contribution in [2.45, 2.75) is 31.8 Å². The molecule has 2 N–H and O–H groups in total. The topological polar surface area (TPSA) is 50.3 Å². The Hall–Kier alpha value is -0.910. The van der Waals surface area contributed by atoms with Gasteiger partial charge in [0, 0.05) is 37.4 Å². The SMILES string of the molecule is Cc1c(C(CN)N2CCCC(N(C)C)C2)cnn1C. The van der Waals surface area contributed by atoms with E-state index in [0.29, 0.717) is 18.6 Å². The minimum atomic E-state index is 0.302. The third-order valence-electron chi connectivity index (χ3n) is 4.45. The highest BCUT2D eigenvalue weighted by Crippen LogP contribution is 2.26. The van der Waals surface area contributed by atoms with Crippen LogP contribution in [0.2, 0.25) is 0 Å². The second-order valence-electron chi connectivity index (χ2n) is 5.82. The third kappa shape index (κ3) is 2.99. The molecule has 2 unspecified atom stereocenters. The molecule has 5 nitrogen and oxygen atoms in total. The van der Waals surface area contributed by atoms with Crippen molar-refractivity contribution >= 4 is 0 Å². The van der Waals surface area contributed by atoms with Crippen LogP contribution >= 0.6 is 0 Å². The first-order valence-electron chi connectivity index (χ1n) is 7.13. The van der Waals surface area contributed by atoms with Crippen LogP contribution in [0.4, 0.5) is 0 Å². The van der Waals surface area contributed by atoms with Crippen LogP contribution in [0.1, 0.15) is 30.1 Å². The van der Waals surface area contributed by atoms with Crippen LogP contribution in [0.3, 0.4) is 0 Å². The van der Waals surface area contributed by atoms with Crippen molar-refractivity contribution in [1.82, 2.24) is 19.6 Å². The van der Waals surface area contributed by atoms with E-state index in [0.717, 1.165) is 13.1 Å². The zero-order chi connectivity index (χ0) is 14.0. The van der Waals surface area contributed by atoms with Crippen molar-refractivity contribution in [1.29, 1.82) is 0 Å². The fourth-order valence-electron chi connectivity index (χ4n) is 3.00. The van der Waals surface area contributed by atoms with Gasteiger partial charge in [-0.2, -0.15) is 5.10 Å². The van der Waals surface area contributed by atoms with Crippen LogP contribution in [-0.4, -0.2) is 59.4 Å². The van der Waals surface area contributed by atoms with Crippen molar-refractivity contribution in [2.24, 2.45) is 12.8 Å². The molecule has 0 aliphatic carbocycles. The maximum absolute atomic E-state index is 6.04. The summed E-state index contributed by atoms with van der Waals surface area (Å²) in [5.41, 5.74) is 8.55. The lowest BCUT2D eigenvalue weighted by Crippen LogP contribution is -2.47. The maximum atomic E-state index is 6.04. The van der Waals surface area contributed by atoms with Gasteiger partial charge in [0.15, 0.2) is 0 Å². The normalized spacial score (nSPS) is 22.9. The Kier molecular flexibility index (Phi) is 4.60. The molecule has 0 amide bonds. The number of hydrogen-bond acceptors (Lipinski definition) is 4. The molecule has 2 heterocycles. The monoisotopic (exact) mass is 265 g/mol. The molecule has 0 spiro atoms. The lowest BCUT2D eigenvalue weighted by atomic mass is 9.99. The average molecular weight is 265 g/mol. The molecular formula is C14H27N5. The van der Waals surface area contributed by atoms with Gasteiger partial charge in [0.1, 0.15) is 0 Å². The molecule has 2 rings (SSSR count). The minimum absolute atomic E-state index is 0.302. The second kappa shape index (κ2) is 6.03. The summed E-state index contributed by atoms with van der Waals surface area (Å²) in [4.78, 5) is 4.86. The van der Waals surface area contributed by atoms with Gasteiger partial charge in [0.25, 0.3) is 0 Å². The van der Waals surface area contributed by atoms with Crippen molar-refractivity contribution in [2.75, 3.05) is 33.7 Å². The zero-order valence-electron chi connectivity index (χ0n) is 12.6. The number of hydrogen-bond donors (Lipinski definition) is 1. The predicted octanol–water partition coefficient (Wildman–Crippen LogP) is 0.754. The Balaban J connectivity index is 2.15.